The minimum absolute atomic E-state index is 0.307. The van der Waals surface area contributed by atoms with E-state index in [1.165, 1.54) is 0 Å². The molecule has 0 bridgehead atoms. The van der Waals surface area contributed by atoms with Crippen molar-refractivity contribution in [1.29, 1.82) is 0 Å². The molecule has 0 fully saturated rings. The molecule has 5 nitrogen and oxygen atoms in total. The number of anilines is 1. The Balaban J connectivity index is 2.17. The molecule has 1 unspecified atom stereocenters. The van der Waals surface area contributed by atoms with Gasteiger partial charge in [-0.3, -0.25) is 4.90 Å². The molecule has 0 spiro atoms. The van der Waals surface area contributed by atoms with Gasteiger partial charge in [-0.1, -0.05) is 0 Å². The summed E-state index contributed by atoms with van der Waals surface area (Å²) in [5.41, 5.74) is 8.81. The highest BCUT2D eigenvalue weighted by molar-refractivity contribution is 5.53. The van der Waals surface area contributed by atoms with Crippen LogP contribution in [0.2, 0.25) is 0 Å². The molecule has 1 aromatic carbocycles. The molecule has 0 saturated carbocycles. The first kappa shape index (κ1) is 14.1. The van der Waals surface area contributed by atoms with Crippen molar-refractivity contribution in [3.8, 4) is 5.75 Å². The minimum atomic E-state index is 0.307. The maximum atomic E-state index is 5.94. The van der Waals surface area contributed by atoms with Crippen molar-refractivity contribution in [3.05, 3.63) is 23.3 Å². The van der Waals surface area contributed by atoms with Gasteiger partial charge in [0.25, 0.3) is 0 Å². The van der Waals surface area contributed by atoms with E-state index < -0.39 is 0 Å². The average molecular weight is 266 g/mol. The van der Waals surface area contributed by atoms with Gasteiger partial charge in [0.05, 0.1) is 13.2 Å². The molecule has 1 atom stereocenters. The quantitative estimate of drug-likeness (QED) is 0.820. The van der Waals surface area contributed by atoms with Crippen LogP contribution in [0.15, 0.2) is 12.1 Å². The third-order valence-corrected chi connectivity index (χ3v) is 3.39. The van der Waals surface area contributed by atoms with Gasteiger partial charge in [-0.15, -0.1) is 0 Å². The van der Waals surface area contributed by atoms with Gasteiger partial charge in [0.1, 0.15) is 5.75 Å². The Morgan fingerprint density at radius 2 is 2.26 bits per heavy atom. The number of nitrogens with zero attached hydrogens (tertiary/aromatic N) is 1. The van der Waals surface area contributed by atoms with E-state index in [4.69, 9.17) is 19.9 Å². The number of rotatable bonds is 5. The molecule has 106 valence electrons. The average Bonchev–Trinajstić information content (AvgIpc) is 2.38. The normalized spacial score (nSPS) is 16.0. The zero-order valence-electron chi connectivity index (χ0n) is 11.8. The van der Waals surface area contributed by atoms with Crippen molar-refractivity contribution < 1.29 is 14.2 Å². The first-order valence-electron chi connectivity index (χ1n) is 6.42. The lowest BCUT2D eigenvalue weighted by Gasteiger charge is -2.27. The summed E-state index contributed by atoms with van der Waals surface area (Å²) in [6, 6.07) is 4.22. The Morgan fingerprint density at radius 1 is 1.47 bits per heavy atom. The maximum absolute atomic E-state index is 5.94. The van der Waals surface area contributed by atoms with Crippen LogP contribution in [0, 0.1) is 0 Å². The topological polar surface area (TPSA) is 57.0 Å². The number of ether oxygens (including phenoxy) is 3. The van der Waals surface area contributed by atoms with Crippen molar-refractivity contribution in [2.75, 3.05) is 33.3 Å². The van der Waals surface area contributed by atoms with Crippen molar-refractivity contribution in [1.82, 2.24) is 4.90 Å². The smallest absolute Gasteiger partial charge is 0.189 e. The fraction of sp³-hybridized carbons (Fsp3) is 0.571. The highest BCUT2D eigenvalue weighted by Gasteiger charge is 2.18. The van der Waals surface area contributed by atoms with Crippen LogP contribution in [0.4, 0.5) is 5.69 Å². The lowest BCUT2D eigenvalue weighted by atomic mass is 10.1. The third kappa shape index (κ3) is 3.37. The zero-order chi connectivity index (χ0) is 13.8. The Hall–Kier alpha value is -1.30. The standard InChI is InChI=1S/C14H22N2O3/c1-10(7-17-3)16(2)6-11-4-13(15)5-12-8-18-9-19-14(11)12/h4-5,10H,6-9,15H2,1-3H3. The number of nitrogens with two attached hydrogens (primary N) is 1. The summed E-state index contributed by atoms with van der Waals surface area (Å²) < 4.78 is 16.1. The lowest BCUT2D eigenvalue weighted by Crippen LogP contribution is -2.32. The van der Waals surface area contributed by atoms with Crippen LogP contribution in [0.1, 0.15) is 18.1 Å². The van der Waals surface area contributed by atoms with Crippen molar-refractivity contribution >= 4 is 5.69 Å². The molecule has 0 radical (unpaired) electrons. The van der Waals surface area contributed by atoms with Gasteiger partial charge in [0, 0.05) is 36.5 Å². The summed E-state index contributed by atoms with van der Waals surface area (Å²) in [5.74, 6) is 0.914. The van der Waals surface area contributed by atoms with Crippen LogP contribution in [-0.4, -0.2) is 38.5 Å². The number of nitrogen functional groups attached to an aromatic ring is 1. The molecule has 2 rings (SSSR count). The molecule has 1 aliphatic heterocycles. The van der Waals surface area contributed by atoms with E-state index >= 15 is 0 Å². The third-order valence-electron chi connectivity index (χ3n) is 3.39. The second kappa shape index (κ2) is 6.23. The molecule has 0 saturated heterocycles. The van der Waals surface area contributed by atoms with E-state index in [0.29, 0.717) is 26.0 Å². The second-order valence-electron chi connectivity index (χ2n) is 5.00. The number of hydrogen-bond donors (Lipinski definition) is 1. The molecule has 1 aromatic rings. The molecule has 2 N–H and O–H groups in total. The summed E-state index contributed by atoms with van der Waals surface area (Å²) in [6.07, 6.45) is 0. The fourth-order valence-electron chi connectivity index (χ4n) is 2.24. The number of benzene rings is 1. The highest BCUT2D eigenvalue weighted by Crippen LogP contribution is 2.31. The number of fused-ring (bicyclic) bond motifs is 1. The molecule has 1 aliphatic rings. The van der Waals surface area contributed by atoms with Gasteiger partial charge in [-0.05, 0) is 26.1 Å². The van der Waals surface area contributed by atoms with Crippen LogP contribution in [0.3, 0.4) is 0 Å². The van der Waals surface area contributed by atoms with Crippen molar-refractivity contribution in [2.45, 2.75) is 26.1 Å². The first-order chi connectivity index (χ1) is 9.11. The maximum Gasteiger partial charge on any atom is 0.189 e. The molecular formula is C14H22N2O3. The molecule has 0 aliphatic carbocycles. The molecule has 1 heterocycles. The van der Waals surface area contributed by atoms with Crippen LogP contribution in [0.5, 0.6) is 5.75 Å². The molecule has 5 heteroatoms. The van der Waals surface area contributed by atoms with Gasteiger partial charge < -0.3 is 19.9 Å². The fourth-order valence-corrected chi connectivity index (χ4v) is 2.24. The Morgan fingerprint density at radius 3 is 3.00 bits per heavy atom. The van der Waals surface area contributed by atoms with Crippen LogP contribution in [-0.2, 0) is 22.6 Å². The molecule has 0 aromatic heterocycles. The van der Waals surface area contributed by atoms with Gasteiger partial charge in [-0.25, -0.2) is 0 Å². The molecular weight excluding hydrogens is 244 g/mol. The highest BCUT2D eigenvalue weighted by atomic mass is 16.7. The summed E-state index contributed by atoms with van der Waals surface area (Å²) in [7, 11) is 3.78. The lowest BCUT2D eigenvalue weighted by molar-refractivity contribution is -0.0175. The predicted molar refractivity (Wildman–Crippen MR) is 73.9 cm³/mol. The number of likely N-dealkylation sites (N-methyl/N-ethyl adjacent to an activating group) is 1. The van der Waals surface area contributed by atoms with Gasteiger partial charge in [0.2, 0.25) is 0 Å². The molecule has 0 amide bonds. The van der Waals surface area contributed by atoms with E-state index in [-0.39, 0.29) is 0 Å². The van der Waals surface area contributed by atoms with Gasteiger partial charge in [-0.2, -0.15) is 0 Å². The largest absolute Gasteiger partial charge is 0.467 e. The van der Waals surface area contributed by atoms with E-state index in [1.54, 1.807) is 7.11 Å². The van der Waals surface area contributed by atoms with E-state index in [1.807, 2.05) is 12.1 Å². The van der Waals surface area contributed by atoms with E-state index in [2.05, 4.69) is 18.9 Å². The van der Waals surface area contributed by atoms with E-state index in [0.717, 1.165) is 29.1 Å². The number of hydrogen-bond acceptors (Lipinski definition) is 5. The van der Waals surface area contributed by atoms with Crippen molar-refractivity contribution in [3.63, 3.8) is 0 Å². The van der Waals surface area contributed by atoms with Gasteiger partial charge >= 0.3 is 0 Å². The van der Waals surface area contributed by atoms with E-state index in [9.17, 15) is 0 Å². The summed E-state index contributed by atoms with van der Waals surface area (Å²) in [4.78, 5) is 2.22. The summed E-state index contributed by atoms with van der Waals surface area (Å²) >= 11 is 0. The molecule has 19 heavy (non-hydrogen) atoms. The van der Waals surface area contributed by atoms with Gasteiger partial charge in [0.15, 0.2) is 6.79 Å². The first-order valence-corrected chi connectivity index (χ1v) is 6.42. The number of methoxy groups -OCH3 is 1. The van der Waals surface area contributed by atoms with Crippen LogP contribution >= 0.6 is 0 Å². The Labute approximate surface area is 114 Å². The SMILES string of the molecule is COCC(C)N(C)Cc1cc(N)cc2c1OCOC2. The summed E-state index contributed by atoms with van der Waals surface area (Å²) in [6.45, 7) is 4.47. The van der Waals surface area contributed by atoms with Crippen LogP contribution < -0.4 is 10.5 Å². The van der Waals surface area contributed by atoms with Crippen molar-refractivity contribution in [2.24, 2.45) is 0 Å². The minimum Gasteiger partial charge on any atom is -0.467 e. The zero-order valence-corrected chi connectivity index (χ0v) is 11.8. The predicted octanol–water partition coefficient (Wildman–Crippen LogP) is 1.60. The Kier molecular flexibility index (Phi) is 4.63. The summed E-state index contributed by atoms with van der Waals surface area (Å²) in [5, 5.41) is 0. The second-order valence-corrected chi connectivity index (χ2v) is 5.00. The van der Waals surface area contributed by atoms with Crippen LogP contribution in [0.25, 0.3) is 0 Å². The monoisotopic (exact) mass is 266 g/mol. The Bertz CT molecular complexity index is 437.